The predicted molar refractivity (Wildman–Crippen MR) is 53.0 cm³/mol. The Morgan fingerprint density at radius 2 is 1.46 bits per heavy atom. The number of rotatable bonds is 0. The molecular weight excluding hydrogens is 183 g/mol. The molecule has 0 amide bonds. The smallest absolute Gasteiger partial charge is 0.870 e. The van der Waals surface area contributed by atoms with Gasteiger partial charge in [0.05, 0.1) is 0 Å². The van der Waals surface area contributed by atoms with Gasteiger partial charge in [-0.2, -0.15) is 0 Å². The van der Waals surface area contributed by atoms with Crippen molar-refractivity contribution in [2.75, 3.05) is 0 Å². The van der Waals surface area contributed by atoms with E-state index in [0.717, 1.165) is 5.92 Å². The Kier molecular flexibility index (Phi) is 16.1. The third-order valence-electron chi connectivity index (χ3n) is 3.04. The van der Waals surface area contributed by atoms with Gasteiger partial charge in [0, 0.05) is 0 Å². The van der Waals surface area contributed by atoms with Gasteiger partial charge in [0.1, 0.15) is 0 Å². The van der Waals surface area contributed by atoms with E-state index >= 15 is 0 Å². The van der Waals surface area contributed by atoms with Crippen LogP contribution in [0.4, 0.5) is 0 Å². The van der Waals surface area contributed by atoms with Crippen molar-refractivity contribution in [2.45, 2.75) is 46.5 Å². The summed E-state index contributed by atoms with van der Waals surface area (Å²) in [7, 11) is 0. The summed E-state index contributed by atoms with van der Waals surface area (Å²) in [5, 5.41) is 0. The molecule has 0 spiro atoms. The van der Waals surface area contributed by atoms with Crippen molar-refractivity contribution in [1.82, 2.24) is 0 Å². The van der Waals surface area contributed by atoms with Gasteiger partial charge in [-0.15, -0.1) is 0 Å². The van der Waals surface area contributed by atoms with Gasteiger partial charge in [-0.3, -0.25) is 0 Å². The van der Waals surface area contributed by atoms with Crippen molar-refractivity contribution < 1.29 is 16.4 Å². The summed E-state index contributed by atoms with van der Waals surface area (Å²) < 4.78 is 0. The van der Waals surface area contributed by atoms with Crippen LogP contribution in [0.2, 0.25) is 0 Å². The van der Waals surface area contributed by atoms with Gasteiger partial charge in [-0.1, -0.05) is 40.0 Å². The first kappa shape index (κ1) is 23.3. The Morgan fingerprint density at radius 3 is 1.69 bits per heavy atom. The second-order valence-electron chi connectivity index (χ2n) is 4.14. The SMILES string of the molecule is CC1CCCCC1(C)C.[Al+3].[OH-].[OH-].[OH-]. The van der Waals surface area contributed by atoms with E-state index in [9.17, 15) is 0 Å². The van der Waals surface area contributed by atoms with Crippen molar-refractivity contribution >= 4 is 17.4 Å². The average Bonchev–Trinajstić information content (AvgIpc) is 1.77. The first-order chi connectivity index (χ1) is 4.13. The van der Waals surface area contributed by atoms with E-state index in [4.69, 9.17) is 0 Å². The molecule has 1 unspecified atom stereocenters. The normalized spacial score (nSPS) is 23.8. The Bertz CT molecular complexity index is 107. The van der Waals surface area contributed by atoms with E-state index in [2.05, 4.69) is 20.8 Å². The largest absolute Gasteiger partial charge is 3.00 e. The minimum atomic E-state index is 0. The van der Waals surface area contributed by atoms with Gasteiger partial charge >= 0.3 is 17.4 Å². The molecule has 1 fully saturated rings. The molecule has 0 bridgehead atoms. The van der Waals surface area contributed by atoms with Gasteiger partial charge in [0.2, 0.25) is 0 Å². The maximum atomic E-state index is 2.40. The summed E-state index contributed by atoms with van der Waals surface area (Å²) in [4.78, 5) is 0. The van der Waals surface area contributed by atoms with Crippen LogP contribution in [0.15, 0.2) is 0 Å². The Labute approximate surface area is 92.0 Å². The molecule has 0 radical (unpaired) electrons. The third kappa shape index (κ3) is 6.48. The first-order valence-electron chi connectivity index (χ1n) is 4.13. The first-order valence-corrected chi connectivity index (χ1v) is 4.13. The summed E-state index contributed by atoms with van der Waals surface area (Å²) in [5.41, 5.74) is 0.637. The van der Waals surface area contributed by atoms with Crippen LogP contribution >= 0.6 is 0 Å². The Morgan fingerprint density at radius 1 is 1.00 bits per heavy atom. The van der Waals surface area contributed by atoms with Crippen molar-refractivity contribution in [3.63, 3.8) is 0 Å². The molecule has 1 atom stereocenters. The summed E-state index contributed by atoms with van der Waals surface area (Å²) in [6, 6.07) is 0. The van der Waals surface area contributed by atoms with Crippen LogP contribution in [0.5, 0.6) is 0 Å². The van der Waals surface area contributed by atoms with Gasteiger partial charge in [0.15, 0.2) is 0 Å². The number of hydrogen-bond donors (Lipinski definition) is 0. The molecular formula is C9H21AlO3. The molecule has 4 heteroatoms. The molecule has 78 valence electrons. The molecule has 1 saturated carbocycles. The monoisotopic (exact) mass is 204 g/mol. The molecule has 0 aromatic heterocycles. The molecule has 0 heterocycles. The van der Waals surface area contributed by atoms with Gasteiger partial charge < -0.3 is 16.4 Å². The Balaban J connectivity index is -0.000000101. The molecule has 3 nitrogen and oxygen atoms in total. The second kappa shape index (κ2) is 8.99. The van der Waals surface area contributed by atoms with E-state index in [1.54, 1.807) is 0 Å². The fourth-order valence-corrected chi connectivity index (χ4v) is 1.67. The number of hydrogen-bond acceptors (Lipinski definition) is 3. The maximum Gasteiger partial charge on any atom is 3.00 e. The van der Waals surface area contributed by atoms with E-state index in [0.29, 0.717) is 5.41 Å². The molecule has 0 aromatic rings. The van der Waals surface area contributed by atoms with Crippen LogP contribution in [0, 0.1) is 11.3 Å². The summed E-state index contributed by atoms with van der Waals surface area (Å²) in [6.45, 7) is 7.19. The zero-order valence-corrected chi connectivity index (χ0v) is 9.98. The summed E-state index contributed by atoms with van der Waals surface area (Å²) in [6.07, 6.45) is 5.81. The van der Waals surface area contributed by atoms with Crippen LogP contribution < -0.4 is 0 Å². The molecule has 0 saturated heterocycles. The summed E-state index contributed by atoms with van der Waals surface area (Å²) in [5.74, 6) is 0.950. The van der Waals surface area contributed by atoms with Crippen LogP contribution in [-0.2, 0) is 0 Å². The standard InChI is InChI=1S/C9H18.Al.3H2O/c1-8-6-4-5-7-9(8,2)3;;;;/h8H,4-7H2,1-3H3;;3*1H2/q;+3;;;/p-3. The molecule has 1 rings (SSSR count). The second-order valence-corrected chi connectivity index (χ2v) is 4.14. The predicted octanol–water partition coefficient (Wildman–Crippen LogP) is 2.31. The zero-order chi connectivity index (χ0) is 6.91. The molecule has 13 heavy (non-hydrogen) atoms. The van der Waals surface area contributed by atoms with Crippen molar-refractivity contribution in [3.8, 4) is 0 Å². The van der Waals surface area contributed by atoms with Gasteiger partial charge in [-0.05, 0) is 17.8 Å². The quantitative estimate of drug-likeness (QED) is 0.567. The van der Waals surface area contributed by atoms with Crippen LogP contribution in [0.3, 0.4) is 0 Å². The molecule has 1 aliphatic carbocycles. The van der Waals surface area contributed by atoms with E-state index in [1.165, 1.54) is 25.7 Å². The molecule has 3 N–H and O–H groups in total. The molecule has 0 aromatic carbocycles. The zero-order valence-electron chi connectivity index (χ0n) is 8.82. The topological polar surface area (TPSA) is 90.0 Å². The minimum absolute atomic E-state index is 0. The van der Waals surface area contributed by atoms with Crippen molar-refractivity contribution in [2.24, 2.45) is 11.3 Å². The van der Waals surface area contributed by atoms with Gasteiger partial charge in [0.25, 0.3) is 0 Å². The van der Waals surface area contributed by atoms with E-state index in [-0.39, 0.29) is 33.8 Å². The van der Waals surface area contributed by atoms with Crippen molar-refractivity contribution in [3.05, 3.63) is 0 Å². The molecule has 0 aliphatic heterocycles. The van der Waals surface area contributed by atoms with Crippen LogP contribution in [0.25, 0.3) is 0 Å². The van der Waals surface area contributed by atoms with E-state index < -0.39 is 0 Å². The third-order valence-corrected chi connectivity index (χ3v) is 3.04. The van der Waals surface area contributed by atoms with E-state index in [1.807, 2.05) is 0 Å². The maximum absolute atomic E-state index is 2.40. The van der Waals surface area contributed by atoms with Crippen molar-refractivity contribution in [1.29, 1.82) is 0 Å². The Hall–Kier alpha value is 0.412. The van der Waals surface area contributed by atoms with Crippen LogP contribution in [-0.4, -0.2) is 33.8 Å². The van der Waals surface area contributed by atoms with Crippen LogP contribution in [0.1, 0.15) is 46.5 Å². The average molecular weight is 204 g/mol. The molecule has 1 aliphatic rings. The fraction of sp³-hybridized carbons (Fsp3) is 1.00. The summed E-state index contributed by atoms with van der Waals surface area (Å²) >= 11 is 0. The minimum Gasteiger partial charge on any atom is -0.870 e. The van der Waals surface area contributed by atoms with Gasteiger partial charge in [-0.25, -0.2) is 0 Å². The fourth-order valence-electron chi connectivity index (χ4n) is 1.67.